The van der Waals surface area contributed by atoms with Crippen molar-refractivity contribution in [3.05, 3.63) is 35.1 Å². The van der Waals surface area contributed by atoms with Crippen LogP contribution in [-0.4, -0.2) is 31.6 Å². The molecule has 1 aromatic rings. The molecule has 0 saturated heterocycles. The Balaban J connectivity index is 0.00000441. The number of benzene rings is 1. The normalized spacial score (nSPS) is 11.8. The lowest BCUT2D eigenvalue weighted by atomic mass is 10.1. The Hall–Kier alpha value is -0.890. The second-order valence-corrected chi connectivity index (χ2v) is 6.11. The number of hydrogen-bond donors (Lipinski definition) is 3. The van der Waals surface area contributed by atoms with Crippen LogP contribution in [0, 0.1) is 12.7 Å². The van der Waals surface area contributed by atoms with E-state index in [-0.39, 0.29) is 35.3 Å². The zero-order valence-corrected chi connectivity index (χ0v) is 16.4. The first-order valence-electron chi connectivity index (χ1n) is 7.26. The molecule has 3 N–H and O–H groups in total. The van der Waals surface area contributed by atoms with Gasteiger partial charge in [0.25, 0.3) is 0 Å². The number of halogens is 2. The van der Waals surface area contributed by atoms with Gasteiger partial charge >= 0.3 is 0 Å². The smallest absolute Gasteiger partial charge is 0.191 e. The molecule has 0 aliphatic carbocycles. The Morgan fingerprint density at radius 3 is 2.41 bits per heavy atom. The van der Waals surface area contributed by atoms with Gasteiger partial charge in [-0.05, 0) is 44.9 Å². The van der Waals surface area contributed by atoms with Crippen LogP contribution in [0.25, 0.3) is 0 Å². The Morgan fingerprint density at radius 1 is 1.18 bits per heavy atom. The third kappa shape index (κ3) is 8.53. The van der Waals surface area contributed by atoms with Gasteiger partial charge in [0.1, 0.15) is 5.82 Å². The molecule has 0 aliphatic rings. The molecule has 0 radical (unpaired) electrons. The van der Waals surface area contributed by atoms with E-state index in [0.717, 1.165) is 18.7 Å². The highest BCUT2D eigenvalue weighted by Gasteiger charge is 2.07. The van der Waals surface area contributed by atoms with Gasteiger partial charge < -0.3 is 16.0 Å². The van der Waals surface area contributed by atoms with Gasteiger partial charge in [-0.25, -0.2) is 4.39 Å². The highest BCUT2D eigenvalue weighted by atomic mass is 127. The van der Waals surface area contributed by atoms with E-state index in [9.17, 15) is 4.39 Å². The maximum atomic E-state index is 13.5. The second kappa shape index (κ2) is 9.99. The Kier molecular flexibility index (Phi) is 9.59. The maximum Gasteiger partial charge on any atom is 0.191 e. The minimum Gasteiger partial charge on any atom is -0.355 e. The van der Waals surface area contributed by atoms with Crippen LogP contribution in [0.1, 0.15) is 31.9 Å². The first-order valence-corrected chi connectivity index (χ1v) is 7.26. The summed E-state index contributed by atoms with van der Waals surface area (Å²) in [5.41, 5.74) is 1.67. The van der Waals surface area contributed by atoms with Crippen molar-refractivity contribution in [2.45, 2.75) is 39.8 Å². The quantitative estimate of drug-likeness (QED) is 0.296. The molecule has 0 aromatic heterocycles. The number of aliphatic imine (C=N–C) groups is 1. The standard InChI is InChI=1S/C16H27FN4.HI/c1-12-6-7-13(10-14(12)17)11-20-15(18-5)19-8-9-21-16(2,3)4;/h6-7,10,21H,8-9,11H2,1-5H3,(H2,18,19,20);1H. The third-order valence-corrected chi connectivity index (χ3v) is 2.99. The minimum atomic E-state index is -0.174. The topological polar surface area (TPSA) is 48.5 Å². The van der Waals surface area contributed by atoms with Crippen LogP contribution in [-0.2, 0) is 6.54 Å². The molecule has 1 aromatic carbocycles. The van der Waals surface area contributed by atoms with E-state index < -0.39 is 0 Å². The lowest BCUT2D eigenvalue weighted by molar-refractivity contribution is 0.428. The second-order valence-electron chi connectivity index (χ2n) is 6.11. The summed E-state index contributed by atoms with van der Waals surface area (Å²) >= 11 is 0. The lowest BCUT2D eigenvalue weighted by Gasteiger charge is -2.21. The van der Waals surface area contributed by atoms with E-state index in [1.165, 1.54) is 0 Å². The Morgan fingerprint density at radius 2 is 1.86 bits per heavy atom. The Bertz CT molecular complexity index is 484. The number of guanidine groups is 1. The molecule has 0 bridgehead atoms. The summed E-state index contributed by atoms with van der Waals surface area (Å²) < 4.78 is 13.5. The maximum absolute atomic E-state index is 13.5. The van der Waals surface area contributed by atoms with Crippen molar-refractivity contribution in [2.75, 3.05) is 20.1 Å². The number of aryl methyl sites for hydroxylation is 1. The predicted molar refractivity (Wildman–Crippen MR) is 103 cm³/mol. The van der Waals surface area contributed by atoms with Gasteiger partial charge in [0.2, 0.25) is 0 Å². The predicted octanol–water partition coefficient (Wildman–Crippen LogP) is 2.81. The van der Waals surface area contributed by atoms with Gasteiger partial charge in [-0.3, -0.25) is 4.99 Å². The zero-order chi connectivity index (χ0) is 15.9. The van der Waals surface area contributed by atoms with Gasteiger partial charge in [-0.1, -0.05) is 12.1 Å². The zero-order valence-electron chi connectivity index (χ0n) is 14.1. The van der Waals surface area contributed by atoms with E-state index >= 15 is 0 Å². The molecule has 0 atom stereocenters. The van der Waals surface area contributed by atoms with E-state index in [2.05, 4.69) is 41.7 Å². The molecule has 0 aliphatic heterocycles. The van der Waals surface area contributed by atoms with Crippen LogP contribution < -0.4 is 16.0 Å². The first-order chi connectivity index (χ1) is 9.81. The molecule has 0 fully saturated rings. The molecule has 0 unspecified atom stereocenters. The number of nitrogens with zero attached hydrogens (tertiary/aromatic N) is 1. The van der Waals surface area contributed by atoms with Gasteiger partial charge in [-0.15, -0.1) is 24.0 Å². The van der Waals surface area contributed by atoms with Crippen molar-refractivity contribution in [2.24, 2.45) is 4.99 Å². The highest BCUT2D eigenvalue weighted by molar-refractivity contribution is 14.0. The van der Waals surface area contributed by atoms with Crippen molar-refractivity contribution in [1.82, 2.24) is 16.0 Å². The van der Waals surface area contributed by atoms with Crippen LogP contribution >= 0.6 is 24.0 Å². The summed E-state index contributed by atoms with van der Waals surface area (Å²) in [7, 11) is 1.72. The van der Waals surface area contributed by atoms with E-state index in [4.69, 9.17) is 0 Å². The van der Waals surface area contributed by atoms with E-state index in [1.54, 1.807) is 26.1 Å². The Labute approximate surface area is 150 Å². The van der Waals surface area contributed by atoms with Crippen LogP contribution in [0.2, 0.25) is 0 Å². The summed E-state index contributed by atoms with van der Waals surface area (Å²) in [6.07, 6.45) is 0. The summed E-state index contributed by atoms with van der Waals surface area (Å²) in [5.74, 6) is 0.540. The SMILES string of the molecule is CN=C(NCCNC(C)(C)C)NCc1ccc(C)c(F)c1.I. The van der Waals surface area contributed by atoms with Gasteiger partial charge in [0, 0.05) is 32.2 Å². The molecule has 1 rings (SSSR count). The third-order valence-electron chi connectivity index (χ3n) is 2.99. The van der Waals surface area contributed by atoms with Crippen LogP contribution in [0.5, 0.6) is 0 Å². The van der Waals surface area contributed by atoms with E-state index in [1.807, 2.05) is 6.07 Å². The fourth-order valence-electron chi connectivity index (χ4n) is 1.77. The average molecular weight is 422 g/mol. The number of hydrogen-bond acceptors (Lipinski definition) is 2. The van der Waals surface area contributed by atoms with Crippen molar-refractivity contribution in [3.8, 4) is 0 Å². The molecule has 4 nitrogen and oxygen atoms in total. The number of rotatable bonds is 5. The molecular formula is C16H28FIN4. The largest absolute Gasteiger partial charge is 0.355 e. The molecule has 0 heterocycles. The van der Waals surface area contributed by atoms with E-state index in [0.29, 0.717) is 18.1 Å². The van der Waals surface area contributed by atoms with Crippen LogP contribution in [0.15, 0.2) is 23.2 Å². The fourth-order valence-corrected chi connectivity index (χ4v) is 1.77. The van der Waals surface area contributed by atoms with Crippen LogP contribution in [0.4, 0.5) is 4.39 Å². The fraction of sp³-hybridized carbons (Fsp3) is 0.562. The first kappa shape index (κ1) is 21.1. The molecule has 6 heteroatoms. The molecular weight excluding hydrogens is 394 g/mol. The highest BCUT2D eigenvalue weighted by Crippen LogP contribution is 2.08. The summed E-state index contributed by atoms with van der Waals surface area (Å²) in [6, 6.07) is 5.26. The average Bonchev–Trinajstić information content (AvgIpc) is 2.40. The lowest BCUT2D eigenvalue weighted by Crippen LogP contribution is -2.44. The van der Waals surface area contributed by atoms with Gasteiger partial charge in [-0.2, -0.15) is 0 Å². The molecule has 0 spiro atoms. The molecule has 22 heavy (non-hydrogen) atoms. The van der Waals surface area contributed by atoms with Gasteiger partial charge in [0.15, 0.2) is 5.96 Å². The summed E-state index contributed by atoms with van der Waals surface area (Å²) in [5, 5.41) is 9.79. The molecule has 0 saturated carbocycles. The molecule has 0 amide bonds. The monoisotopic (exact) mass is 422 g/mol. The summed E-state index contributed by atoms with van der Waals surface area (Å²) in [6.45, 7) is 10.3. The molecule has 126 valence electrons. The van der Waals surface area contributed by atoms with Gasteiger partial charge in [0.05, 0.1) is 0 Å². The van der Waals surface area contributed by atoms with Crippen molar-refractivity contribution in [3.63, 3.8) is 0 Å². The minimum absolute atomic E-state index is 0. The number of nitrogens with one attached hydrogen (secondary N) is 3. The van der Waals surface area contributed by atoms with Crippen LogP contribution in [0.3, 0.4) is 0 Å². The van der Waals surface area contributed by atoms with Crippen molar-refractivity contribution >= 4 is 29.9 Å². The summed E-state index contributed by atoms with van der Waals surface area (Å²) in [4.78, 5) is 4.15. The van der Waals surface area contributed by atoms with Crippen molar-refractivity contribution < 1.29 is 4.39 Å². The van der Waals surface area contributed by atoms with Crippen molar-refractivity contribution in [1.29, 1.82) is 0 Å².